The topological polar surface area (TPSA) is 74.4 Å². The number of aromatic nitrogens is 1. The van der Waals surface area contributed by atoms with Crippen LogP contribution in [-0.4, -0.2) is 46.7 Å². The zero-order chi connectivity index (χ0) is 21.5. The number of carbonyl (C=O) groups is 2. The van der Waals surface area contributed by atoms with Crippen molar-refractivity contribution in [1.29, 1.82) is 0 Å². The molecule has 7 heteroatoms. The third-order valence-corrected chi connectivity index (χ3v) is 5.58. The minimum Gasteiger partial charge on any atom is -0.496 e. The van der Waals surface area contributed by atoms with Crippen molar-refractivity contribution < 1.29 is 15.8 Å². The number of benzene rings is 2. The van der Waals surface area contributed by atoms with Crippen molar-refractivity contribution in [1.82, 2.24) is 15.2 Å². The van der Waals surface area contributed by atoms with E-state index in [1.54, 1.807) is 18.9 Å². The second-order valence-corrected chi connectivity index (χ2v) is 7.73. The van der Waals surface area contributed by atoms with Gasteiger partial charge in [-0.1, -0.05) is 52.3 Å². The van der Waals surface area contributed by atoms with Gasteiger partial charge in [-0.15, -0.1) is 0 Å². The summed E-state index contributed by atoms with van der Waals surface area (Å²) in [5, 5.41) is 4.38. The Bertz CT molecular complexity index is 1020. The molecule has 2 N–H and O–H groups in total. The lowest BCUT2D eigenvalue weighted by molar-refractivity contribution is -0.130. The number of halogens is 1. The lowest BCUT2D eigenvalue weighted by Gasteiger charge is -2.28. The van der Waals surface area contributed by atoms with Gasteiger partial charge < -0.3 is 19.9 Å². The molecule has 0 radical (unpaired) electrons. The molecule has 0 aliphatic rings. The van der Waals surface area contributed by atoms with Gasteiger partial charge >= 0.3 is 0 Å². The Morgan fingerprint density at radius 3 is 2.63 bits per heavy atom. The summed E-state index contributed by atoms with van der Waals surface area (Å²) in [5.74, 6) is 0.569. The van der Waals surface area contributed by atoms with Crippen LogP contribution >= 0.6 is 15.9 Å². The highest BCUT2D eigenvalue weighted by atomic mass is 79.9. The predicted octanol–water partition coefficient (Wildman–Crippen LogP) is 3.89. The fourth-order valence-corrected chi connectivity index (χ4v) is 3.76. The van der Waals surface area contributed by atoms with Crippen LogP contribution in [0.1, 0.15) is 19.5 Å². The molecule has 6 nitrogen and oxygen atoms in total. The summed E-state index contributed by atoms with van der Waals surface area (Å²) in [7, 11) is 1.62. The van der Waals surface area contributed by atoms with E-state index >= 15 is 0 Å². The fraction of sp³-hybridized carbons (Fsp3) is 0.304. The van der Waals surface area contributed by atoms with E-state index in [9.17, 15) is 9.59 Å². The number of methoxy groups -OCH3 is 1. The van der Waals surface area contributed by atoms with Crippen molar-refractivity contribution in [3.05, 3.63) is 65.9 Å². The first-order valence-electron chi connectivity index (χ1n) is 9.79. The number of fused-ring (bicyclic) bond motifs is 1. The van der Waals surface area contributed by atoms with Crippen molar-refractivity contribution in [2.24, 2.45) is 0 Å². The average molecular weight is 474 g/mol. The molecule has 0 saturated carbocycles. The number of hydrogen-bond acceptors (Lipinski definition) is 3. The maximum atomic E-state index is 12.4. The van der Waals surface area contributed by atoms with Crippen molar-refractivity contribution in [2.45, 2.75) is 25.9 Å². The molecule has 3 aromatic rings. The van der Waals surface area contributed by atoms with Crippen LogP contribution in [0, 0.1) is 0 Å². The van der Waals surface area contributed by atoms with E-state index in [0.29, 0.717) is 19.5 Å². The highest BCUT2D eigenvalue weighted by molar-refractivity contribution is 9.09. The zero-order valence-electron chi connectivity index (χ0n) is 17.2. The maximum absolute atomic E-state index is 12.4. The van der Waals surface area contributed by atoms with Gasteiger partial charge in [-0.3, -0.25) is 9.59 Å². The highest BCUT2D eigenvalue weighted by Crippen LogP contribution is 2.22. The van der Waals surface area contributed by atoms with Gasteiger partial charge in [0.15, 0.2) is 0 Å². The van der Waals surface area contributed by atoms with Crippen LogP contribution in [-0.2, 0) is 22.6 Å². The molecular formula is C23H28BrN3O3. The van der Waals surface area contributed by atoms with E-state index < -0.39 is 0 Å². The van der Waals surface area contributed by atoms with Gasteiger partial charge in [0, 0.05) is 44.1 Å². The van der Waals surface area contributed by atoms with Gasteiger partial charge in [0.25, 0.3) is 0 Å². The summed E-state index contributed by atoms with van der Waals surface area (Å²) >= 11 is 3.21. The molecular weight excluding hydrogens is 446 g/mol. The number of H-pyrrole nitrogens is 1. The molecule has 160 valence electrons. The van der Waals surface area contributed by atoms with E-state index in [-0.39, 0.29) is 24.6 Å². The van der Waals surface area contributed by atoms with Crippen molar-refractivity contribution in [3.63, 3.8) is 0 Å². The second-order valence-electron chi connectivity index (χ2n) is 7.17. The minimum atomic E-state index is -0.229. The molecule has 0 saturated heterocycles. The molecule has 0 aliphatic heterocycles. The Kier molecular flexibility index (Phi) is 7.52. The number of ether oxygens (including phenoxy) is 1. The standard InChI is InChI=1S/C23H26BrN3O3.H2/c1-16(28)27(14-17-7-3-6-10-22(17)30-2)15-19(26-23(29)12-24)11-18-13-25-21-9-5-4-8-20(18)21;/h3-10,13,19,25H,11-12,14-15H2,1-2H3,(H,26,29);1H. The van der Waals surface area contributed by atoms with Crippen LogP contribution < -0.4 is 10.1 Å². The molecule has 1 heterocycles. The lowest BCUT2D eigenvalue weighted by atomic mass is 10.0. The molecule has 0 fully saturated rings. The first-order valence-corrected chi connectivity index (χ1v) is 10.9. The van der Waals surface area contributed by atoms with Crippen molar-refractivity contribution in [3.8, 4) is 5.75 Å². The first-order chi connectivity index (χ1) is 14.5. The molecule has 0 spiro atoms. The van der Waals surface area contributed by atoms with Gasteiger partial charge in [0.05, 0.1) is 18.5 Å². The molecule has 30 heavy (non-hydrogen) atoms. The molecule has 0 bridgehead atoms. The van der Waals surface area contributed by atoms with Crippen LogP contribution in [0.3, 0.4) is 0 Å². The Hall–Kier alpha value is -2.80. The van der Waals surface area contributed by atoms with E-state index in [1.807, 2.05) is 48.7 Å². The van der Waals surface area contributed by atoms with E-state index in [2.05, 4.69) is 32.3 Å². The molecule has 2 amide bonds. The van der Waals surface area contributed by atoms with Gasteiger partial charge in [-0.25, -0.2) is 0 Å². The third kappa shape index (κ3) is 5.42. The zero-order valence-corrected chi connectivity index (χ0v) is 18.7. The molecule has 1 atom stereocenters. The first kappa shape index (κ1) is 21.9. The summed E-state index contributed by atoms with van der Waals surface area (Å²) in [5.41, 5.74) is 3.08. The fourth-order valence-electron chi connectivity index (χ4n) is 3.60. The van der Waals surface area contributed by atoms with E-state index in [1.165, 1.54) is 0 Å². The predicted molar refractivity (Wildman–Crippen MR) is 124 cm³/mol. The normalized spacial score (nSPS) is 11.8. The summed E-state index contributed by atoms with van der Waals surface area (Å²) in [4.78, 5) is 29.6. The highest BCUT2D eigenvalue weighted by Gasteiger charge is 2.21. The smallest absolute Gasteiger partial charge is 0.230 e. The number of hydrogen-bond donors (Lipinski definition) is 2. The Labute approximate surface area is 186 Å². The number of rotatable bonds is 9. The second kappa shape index (κ2) is 10.3. The molecule has 2 aromatic carbocycles. The third-order valence-electron chi connectivity index (χ3n) is 5.07. The summed E-state index contributed by atoms with van der Waals surface area (Å²) in [6.07, 6.45) is 2.58. The van der Waals surface area contributed by atoms with Gasteiger partial charge in [0.1, 0.15) is 5.75 Å². The van der Waals surface area contributed by atoms with E-state index in [0.717, 1.165) is 27.8 Å². The van der Waals surface area contributed by atoms with Crippen LogP contribution in [0.2, 0.25) is 0 Å². The quantitative estimate of drug-likeness (QED) is 0.462. The monoisotopic (exact) mass is 473 g/mol. The number of nitrogens with one attached hydrogen (secondary N) is 2. The van der Waals surface area contributed by atoms with Gasteiger partial charge in [-0.2, -0.15) is 0 Å². The van der Waals surface area contributed by atoms with E-state index in [4.69, 9.17) is 4.74 Å². The van der Waals surface area contributed by atoms with Crippen molar-refractivity contribution in [2.75, 3.05) is 19.0 Å². The average Bonchev–Trinajstić information content (AvgIpc) is 3.16. The maximum Gasteiger partial charge on any atom is 0.230 e. The summed E-state index contributed by atoms with van der Waals surface area (Å²) < 4.78 is 5.43. The molecule has 1 unspecified atom stereocenters. The lowest BCUT2D eigenvalue weighted by Crippen LogP contribution is -2.46. The van der Waals surface area contributed by atoms with Crippen LogP contribution in [0.4, 0.5) is 0 Å². The molecule has 1 aromatic heterocycles. The number of para-hydroxylation sites is 2. The number of nitrogens with zero attached hydrogens (tertiary/aromatic N) is 1. The number of alkyl halides is 1. The number of aromatic amines is 1. The Morgan fingerprint density at radius 2 is 1.90 bits per heavy atom. The number of amides is 2. The van der Waals surface area contributed by atoms with Crippen molar-refractivity contribution >= 4 is 38.6 Å². The summed E-state index contributed by atoms with van der Waals surface area (Å²) in [6, 6.07) is 15.5. The Balaban J connectivity index is 0.00000341. The van der Waals surface area contributed by atoms with Crippen LogP contribution in [0.15, 0.2) is 54.7 Å². The summed E-state index contributed by atoms with van der Waals surface area (Å²) in [6.45, 7) is 2.35. The largest absolute Gasteiger partial charge is 0.496 e. The molecule has 0 aliphatic carbocycles. The van der Waals surface area contributed by atoms with Gasteiger partial charge in [0.2, 0.25) is 11.8 Å². The Morgan fingerprint density at radius 1 is 1.17 bits per heavy atom. The minimum absolute atomic E-state index is 0. The van der Waals surface area contributed by atoms with Crippen LogP contribution in [0.25, 0.3) is 10.9 Å². The van der Waals surface area contributed by atoms with Gasteiger partial charge in [-0.05, 0) is 24.1 Å². The SMILES string of the molecule is COc1ccccc1CN(CC(Cc1c[nH]c2ccccc12)NC(=O)CBr)C(C)=O.[HH]. The van der Waals surface area contributed by atoms with Crippen LogP contribution in [0.5, 0.6) is 5.75 Å². The number of carbonyl (C=O) groups excluding carboxylic acids is 2. The molecule has 3 rings (SSSR count).